The monoisotopic (exact) mass is 581 g/mol. The van der Waals surface area contributed by atoms with Gasteiger partial charge in [-0.25, -0.2) is 0 Å². The quantitative estimate of drug-likeness (QED) is 0.344. The molecule has 2 aliphatic rings. The molecule has 0 spiro atoms. The van der Waals surface area contributed by atoms with Crippen molar-refractivity contribution in [2.75, 3.05) is 38.1 Å². The fourth-order valence-corrected chi connectivity index (χ4v) is 5.85. The first-order chi connectivity index (χ1) is 19.8. The highest BCUT2D eigenvalue weighted by atomic mass is 32.1. The Bertz CT molecular complexity index is 1470. The second-order valence-electron chi connectivity index (χ2n) is 9.64. The zero-order valence-corrected chi connectivity index (χ0v) is 23.5. The van der Waals surface area contributed by atoms with Crippen LogP contribution in [0.25, 0.3) is 0 Å². The lowest BCUT2D eigenvalue weighted by Gasteiger charge is -2.33. The average molecular weight is 582 g/mol. The summed E-state index contributed by atoms with van der Waals surface area (Å²) in [6.07, 6.45) is 3.65. The molecule has 5 rings (SSSR count). The number of hydrogen-bond donors (Lipinski definition) is 3. The van der Waals surface area contributed by atoms with E-state index in [2.05, 4.69) is 9.69 Å². The highest BCUT2D eigenvalue weighted by molar-refractivity contribution is 7.09. The number of carbonyl (C=O) groups excluding carboxylic acids is 3. The van der Waals surface area contributed by atoms with E-state index in [4.69, 9.17) is 30.4 Å². The van der Waals surface area contributed by atoms with Crippen molar-refractivity contribution < 1.29 is 33.3 Å². The van der Waals surface area contributed by atoms with Gasteiger partial charge in [0.05, 0.1) is 19.9 Å². The van der Waals surface area contributed by atoms with Gasteiger partial charge in [-0.3, -0.25) is 19.3 Å². The van der Waals surface area contributed by atoms with Crippen molar-refractivity contribution in [3.63, 3.8) is 0 Å². The van der Waals surface area contributed by atoms with E-state index in [1.807, 2.05) is 0 Å². The molecule has 12 nitrogen and oxygen atoms in total. The SMILES string of the molecule is COc1ccc(OC)c([C@H](C(=O)NC2CCCC2)N(C(=O)c2snc(C(N)=O)c2N)c2ccc3c(c2)OCCO3)c1. The van der Waals surface area contributed by atoms with E-state index < -0.39 is 23.8 Å². The van der Waals surface area contributed by atoms with Gasteiger partial charge in [-0.15, -0.1) is 0 Å². The Morgan fingerprint density at radius 1 is 1.05 bits per heavy atom. The third-order valence-electron chi connectivity index (χ3n) is 7.12. The van der Waals surface area contributed by atoms with Gasteiger partial charge in [0.25, 0.3) is 11.8 Å². The number of amides is 3. The number of hydrogen-bond acceptors (Lipinski definition) is 10. The molecule has 0 bridgehead atoms. The van der Waals surface area contributed by atoms with Crippen LogP contribution in [0.2, 0.25) is 0 Å². The third-order valence-corrected chi connectivity index (χ3v) is 7.97. The van der Waals surface area contributed by atoms with E-state index in [9.17, 15) is 14.4 Å². The summed E-state index contributed by atoms with van der Waals surface area (Å²) in [5.74, 6) is -0.217. The molecule has 1 aliphatic carbocycles. The van der Waals surface area contributed by atoms with Gasteiger partial charge in [-0.05, 0) is 54.7 Å². The maximum absolute atomic E-state index is 14.4. The van der Waals surface area contributed by atoms with Gasteiger partial charge >= 0.3 is 0 Å². The minimum Gasteiger partial charge on any atom is -0.497 e. The van der Waals surface area contributed by atoms with E-state index >= 15 is 0 Å². The lowest BCUT2D eigenvalue weighted by molar-refractivity contribution is -0.123. The number of aromatic nitrogens is 1. The van der Waals surface area contributed by atoms with Gasteiger partial charge in [0.2, 0.25) is 5.91 Å². The van der Waals surface area contributed by atoms with Gasteiger partial charge in [0.1, 0.15) is 35.6 Å². The molecule has 3 aromatic rings. The molecule has 0 unspecified atom stereocenters. The van der Waals surface area contributed by atoms with Crippen LogP contribution in [0.3, 0.4) is 0 Å². The van der Waals surface area contributed by atoms with Crippen molar-refractivity contribution in [2.45, 2.75) is 37.8 Å². The third kappa shape index (κ3) is 5.57. The number of nitrogens with two attached hydrogens (primary N) is 2. The van der Waals surface area contributed by atoms with Crippen LogP contribution < -0.4 is 40.6 Å². The minimum absolute atomic E-state index is 0.0470. The van der Waals surface area contributed by atoms with E-state index in [0.29, 0.717) is 47.5 Å². The second-order valence-corrected chi connectivity index (χ2v) is 10.4. The average Bonchev–Trinajstić information content (AvgIpc) is 3.64. The van der Waals surface area contributed by atoms with Crippen molar-refractivity contribution in [3.8, 4) is 23.0 Å². The predicted octanol–water partition coefficient (Wildman–Crippen LogP) is 3.06. The van der Waals surface area contributed by atoms with Crippen LogP contribution in [0, 0.1) is 0 Å². The highest BCUT2D eigenvalue weighted by Gasteiger charge is 2.39. The van der Waals surface area contributed by atoms with Crippen LogP contribution in [0.4, 0.5) is 11.4 Å². The maximum Gasteiger partial charge on any atom is 0.273 e. The first-order valence-corrected chi connectivity index (χ1v) is 13.9. The first kappa shape index (κ1) is 28.0. The fourth-order valence-electron chi connectivity index (χ4n) is 5.10. The molecule has 5 N–H and O–H groups in total. The van der Waals surface area contributed by atoms with Crippen LogP contribution in [-0.2, 0) is 4.79 Å². The van der Waals surface area contributed by atoms with Crippen LogP contribution in [-0.4, -0.2) is 55.6 Å². The Kier molecular flexibility index (Phi) is 8.15. The van der Waals surface area contributed by atoms with Crippen LogP contribution in [0.1, 0.15) is 57.4 Å². The van der Waals surface area contributed by atoms with Gasteiger partial charge in [-0.2, -0.15) is 4.37 Å². The van der Waals surface area contributed by atoms with Crippen LogP contribution >= 0.6 is 11.5 Å². The molecular weight excluding hydrogens is 550 g/mol. The minimum atomic E-state index is -1.24. The van der Waals surface area contributed by atoms with Gasteiger partial charge in [0.15, 0.2) is 17.2 Å². The number of nitrogens with one attached hydrogen (secondary N) is 1. The summed E-state index contributed by atoms with van der Waals surface area (Å²) in [6, 6.07) is 8.68. The summed E-state index contributed by atoms with van der Waals surface area (Å²) >= 11 is 0.729. The summed E-state index contributed by atoms with van der Waals surface area (Å²) in [6.45, 7) is 0.708. The summed E-state index contributed by atoms with van der Waals surface area (Å²) in [4.78, 5) is 41.8. The number of methoxy groups -OCH3 is 2. The topological polar surface area (TPSA) is 168 Å². The second kappa shape index (κ2) is 11.9. The predicted molar refractivity (Wildman–Crippen MR) is 152 cm³/mol. The largest absolute Gasteiger partial charge is 0.497 e. The smallest absolute Gasteiger partial charge is 0.273 e. The summed E-state index contributed by atoms with van der Waals surface area (Å²) in [7, 11) is 2.99. The lowest BCUT2D eigenvalue weighted by atomic mass is 10.00. The number of nitrogens with zero attached hydrogens (tertiary/aromatic N) is 2. The number of fused-ring (bicyclic) bond motifs is 1. The van der Waals surface area contributed by atoms with Gasteiger partial charge in [0, 0.05) is 23.4 Å². The molecule has 0 saturated heterocycles. The van der Waals surface area contributed by atoms with Crippen molar-refractivity contribution in [3.05, 3.63) is 52.5 Å². The Balaban J connectivity index is 1.71. The summed E-state index contributed by atoms with van der Waals surface area (Å²) in [5, 5.41) is 3.12. The number of rotatable bonds is 9. The zero-order valence-electron chi connectivity index (χ0n) is 22.7. The summed E-state index contributed by atoms with van der Waals surface area (Å²) < 4.78 is 26.6. The molecule has 1 atom stereocenters. The first-order valence-electron chi connectivity index (χ1n) is 13.1. The maximum atomic E-state index is 14.4. The molecule has 2 heterocycles. The molecule has 1 fully saturated rings. The van der Waals surface area contributed by atoms with E-state index in [-0.39, 0.29) is 22.3 Å². The lowest BCUT2D eigenvalue weighted by Crippen LogP contribution is -2.46. The Morgan fingerprint density at radius 2 is 1.78 bits per heavy atom. The standard InChI is InChI=1S/C28H31N5O7S/c1-37-17-8-10-19(38-2)18(14-17)24(27(35)31-15-5-3-4-6-15)33(16-7-9-20-21(13-16)40-12-11-39-20)28(36)25-22(29)23(26(30)34)32-41-25/h7-10,13-15,24H,3-6,11-12,29H2,1-2H3,(H2,30,34)(H,31,35)/t24-/m1/s1. The van der Waals surface area contributed by atoms with Crippen LogP contribution in [0.15, 0.2) is 36.4 Å². The fraction of sp³-hybridized carbons (Fsp3) is 0.357. The number of carbonyl (C=O) groups is 3. The molecule has 13 heteroatoms. The van der Waals surface area contributed by atoms with Gasteiger partial charge in [-0.1, -0.05) is 12.8 Å². The van der Waals surface area contributed by atoms with E-state index in [1.54, 1.807) is 36.4 Å². The molecule has 1 saturated carbocycles. The molecular formula is C28H31N5O7S. The number of benzene rings is 2. The van der Waals surface area contributed by atoms with Crippen molar-refractivity contribution in [1.82, 2.24) is 9.69 Å². The van der Waals surface area contributed by atoms with E-state index in [0.717, 1.165) is 37.2 Å². The highest BCUT2D eigenvalue weighted by Crippen LogP contribution is 2.41. The number of nitrogen functional groups attached to an aromatic ring is 1. The van der Waals surface area contributed by atoms with Crippen LogP contribution in [0.5, 0.6) is 23.0 Å². The molecule has 216 valence electrons. The molecule has 2 aromatic carbocycles. The molecule has 1 aromatic heterocycles. The number of anilines is 2. The van der Waals surface area contributed by atoms with E-state index in [1.165, 1.54) is 19.1 Å². The Morgan fingerprint density at radius 3 is 2.44 bits per heavy atom. The Labute approximate surface area is 240 Å². The molecule has 3 amide bonds. The van der Waals surface area contributed by atoms with Crippen molar-refractivity contribution >= 4 is 40.6 Å². The number of primary amides is 1. The molecule has 0 radical (unpaired) electrons. The number of ether oxygens (including phenoxy) is 4. The zero-order chi connectivity index (χ0) is 29.1. The molecule has 41 heavy (non-hydrogen) atoms. The summed E-state index contributed by atoms with van der Waals surface area (Å²) in [5.41, 5.74) is 11.9. The Hall–Kier alpha value is -4.52. The molecule has 1 aliphatic heterocycles. The normalized spacial score (nSPS) is 15.2. The van der Waals surface area contributed by atoms with Crippen molar-refractivity contribution in [2.24, 2.45) is 5.73 Å². The van der Waals surface area contributed by atoms with Gasteiger partial charge < -0.3 is 35.7 Å². The van der Waals surface area contributed by atoms with Crippen molar-refractivity contribution in [1.29, 1.82) is 0 Å².